The fraction of sp³-hybridized carbons (Fsp3) is 0.500. The van der Waals surface area contributed by atoms with Gasteiger partial charge in [0.15, 0.2) is 0 Å². The summed E-state index contributed by atoms with van der Waals surface area (Å²) in [6.45, 7) is 2.87. The molecule has 1 aromatic rings. The molecule has 0 aromatic heterocycles. The predicted octanol–water partition coefficient (Wildman–Crippen LogP) is 3.14. The monoisotopic (exact) mass is 338 g/mol. The summed E-state index contributed by atoms with van der Waals surface area (Å²) in [5, 5.41) is 0. The van der Waals surface area contributed by atoms with Crippen molar-refractivity contribution in [2.75, 3.05) is 24.8 Å². The smallest absolute Gasteiger partial charge is 0.129 e. The lowest BCUT2D eigenvalue weighted by atomic mass is 9.97. The molecule has 1 aromatic carbocycles. The lowest BCUT2D eigenvalue weighted by Gasteiger charge is -2.28. The Bertz CT molecular complexity index is 333. The maximum atomic E-state index is 13.7. The topological polar surface area (TPSA) is 18.5 Å². The first-order valence-corrected chi connectivity index (χ1v) is 6.60. The average Bonchev–Trinajstić information content (AvgIpc) is 2.30. The highest BCUT2D eigenvalue weighted by Crippen LogP contribution is 2.29. The van der Waals surface area contributed by atoms with Crippen LogP contribution in [0.1, 0.15) is 12.5 Å². The minimum atomic E-state index is -0.593. The van der Waals surface area contributed by atoms with Crippen LogP contribution < -0.4 is 0 Å². The van der Waals surface area contributed by atoms with Crippen LogP contribution in [0.4, 0.5) is 4.39 Å². The number of benzene rings is 1. The van der Waals surface area contributed by atoms with Crippen molar-refractivity contribution in [3.05, 3.63) is 35.6 Å². The molecule has 4 heteroatoms. The first-order chi connectivity index (χ1) is 7.64. The highest BCUT2D eigenvalue weighted by Gasteiger charge is 2.28. The molecule has 0 amide bonds. The van der Waals surface area contributed by atoms with Crippen LogP contribution in [0.3, 0.4) is 0 Å². The quantitative estimate of drug-likeness (QED) is 0.451. The summed E-state index contributed by atoms with van der Waals surface area (Å²) in [6, 6.07) is 6.73. The summed E-state index contributed by atoms with van der Waals surface area (Å²) in [5.74, 6) is -0.223. The molecule has 1 unspecified atom stereocenters. The molecule has 1 atom stereocenters. The van der Waals surface area contributed by atoms with Gasteiger partial charge in [-0.05, 0) is 13.0 Å². The van der Waals surface area contributed by atoms with Gasteiger partial charge in [-0.15, -0.1) is 0 Å². The van der Waals surface area contributed by atoms with E-state index in [1.165, 1.54) is 6.07 Å². The molecule has 0 N–H and O–H groups in total. The van der Waals surface area contributed by atoms with Gasteiger partial charge in [0.2, 0.25) is 0 Å². The number of halogens is 2. The van der Waals surface area contributed by atoms with Crippen LogP contribution in [0.25, 0.3) is 0 Å². The molecule has 0 radical (unpaired) electrons. The molecule has 0 aliphatic heterocycles. The van der Waals surface area contributed by atoms with E-state index in [0.29, 0.717) is 23.2 Å². The summed E-state index contributed by atoms with van der Waals surface area (Å²) in [7, 11) is 1.62. The summed E-state index contributed by atoms with van der Waals surface area (Å²) < 4.78 is 25.0. The van der Waals surface area contributed by atoms with Crippen LogP contribution in [-0.2, 0) is 15.1 Å². The van der Waals surface area contributed by atoms with Crippen molar-refractivity contribution < 1.29 is 13.9 Å². The van der Waals surface area contributed by atoms with Gasteiger partial charge in [0, 0.05) is 17.1 Å². The summed E-state index contributed by atoms with van der Waals surface area (Å²) >= 11 is 2.21. The van der Waals surface area contributed by atoms with Crippen molar-refractivity contribution in [2.45, 2.75) is 12.5 Å². The van der Waals surface area contributed by atoms with Crippen molar-refractivity contribution in [3.8, 4) is 0 Å². The van der Waals surface area contributed by atoms with Crippen LogP contribution in [0.2, 0.25) is 0 Å². The molecule has 0 saturated heterocycles. The van der Waals surface area contributed by atoms with E-state index in [2.05, 4.69) is 22.6 Å². The molecule has 2 nitrogen and oxygen atoms in total. The van der Waals surface area contributed by atoms with Crippen molar-refractivity contribution in [2.24, 2.45) is 0 Å². The number of ether oxygens (including phenoxy) is 2. The minimum Gasteiger partial charge on any atom is -0.382 e. The maximum absolute atomic E-state index is 13.7. The fourth-order valence-electron chi connectivity index (χ4n) is 1.43. The third-order valence-electron chi connectivity index (χ3n) is 2.41. The Hall–Kier alpha value is -0.200. The van der Waals surface area contributed by atoms with Crippen LogP contribution >= 0.6 is 22.6 Å². The van der Waals surface area contributed by atoms with Gasteiger partial charge < -0.3 is 9.47 Å². The van der Waals surface area contributed by atoms with Crippen molar-refractivity contribution in [1.29, 1.82) is 0 Å². The first kappa shape index (κ1) is 13.9. The van der Waals surface area contributed by atoms with Gasteiger partial charge in [0.1, 0.15) is 11.4 Å². The second kappa shape index (κ2) is 6.51. The second-order valence-corrected chi connectivity index (χ2v) is 4.45. The Morgan fingerprint density at radius 2 is 2.00 bits per heavy atom. The molecule has 0 aliphatic rings. The average molecular weight is 338 g/mol. The van der Waals surface area contributed by atoms with Gasteiger partial charge in [-0.1, -0.05) is 40.8 Å². The highest BCUT2D eigenvalue weighted by atomic mass is 127. The molecule has 16 heavy (non-hydrogen) atoms. The maximum Gasteiger partial charge on any atom is 0.129 e. The number of rotatable bonds is 6. The number of alkyl halides is 1. The molecule has 0 saturated carbocycles. The standard InChI is InChI=1S/C12H16FIO2/c1-12(9-14,16-8-7-15-2)10-5-3-4-6-11(10)13/h3-6H,7-9H2,1-2H3. The van der Waals surface area contributed by atoms with E-state index in [-0.39, 0.29) is 5.82 Å². The Balaban J connectivity index is 2.83. The molecule has 0 spiro atoms. The molecule has 1 rings (SSSR count). The zero-order valence-electron chi connectivity index (χ0n) is 9.50. The van der Waals surface area contributed by atoms with E-state index in [1.807, 2.05) is 13.0 Å². The Morgan fingerprint density at radius 3 is 2.56 bits per heavy atom. The van der Waals surface area contributed by atoms with Crippen molar-refractivity contribution in [3.63, 3.8) is 0 Å². The molecule has 0 aliphatic carbocycles. The van der Waals surface area contributed by atoms with Gasteiger partial charge >= 0.3 is 0 Å². The van der Waals surface area contributed by atoms with Gasteiger partial charge in [-0.2, -0.15) is 0 Å². The van der Waals surface area contributed by atoms with Gasteiger partial charge in [-0.3, -0.25) is 0 Å². The summed E-state index contributed by atoms with van der Waals surface area (Å²) in [5.41, 5.74) is 0.00486. The summed E-state index contributed by atoms with van der Waals surface area (Å²) in [6.07, 6.45) is 0. The predicted molar refractivity (Wildman–Crippen MR) is 70.5 cm³/mol. The zero-order chi connectivity index (χ0) is 12.0. The molecular weight excluding hydrogens is 322 g/mol. The molecule has 0 fully saturated rings. The highest BCUT2D eigenvalue weighted by molar-refractivity contribution is 14.1. The minimum absolute atomic E-state index is 0.223. The van der Waals surface area contributed by atoms with Crippen LogP contribution in [0, 0.1) is 5.82 Å². The largest absolute Gasteiger partial charge is 0.382 e. The number of methoxy groups -OCH3 is 1. The molecule has 90 valence electrons. The van der Waals surface area contributed by atoms with Crippen LogP contribution in [-0.4, -0.2) is 24.8 Å². The number of hydrogen-bond donors (Lipinski definition) is 0. The summed E-state index contributed by atoms with van der Waals surface area (Å²) in [4.78, 5) is 0. The normalized spacial score (nSPS) is 14.8. The second-order valence-electron chi connectivity index (χ2n) is 3.69. The Morgan fingerprint density at radius 1 is 1.31 bits per heavy atom. The van der Waals surface area contributed by atoms with E-state index in [0.717, 1.165) is 0 Å². The third kappa shape index (κ3) is 3.40. The molecule has 0 bridgehead atoms. The van der Waals surface area contributed by atoms with Crippen molar-refractivity contribution in [1.82, 2.24) is 0 Å². The van der Waals surface area contributed by atoms with Crippen LogP contribution in [0.5, 0.6) is 0 Å². The molecule has 0 heterocycles. The zero-order valence-corrected chi connectivity index (χ0v) is 11.7. The Kier molecular flexibility index (Phi) is 5.64. The fourth-order valence-corrected chi connectivity index (χ4v) is 2.06. The Labute approximate surface area is 109 Å². The van der Waals surface area contributed by atoms with E-state index in [1.54, 1.807) is 19.2 Å². The van der Waals surface area contributed by atoms with E-state index in [9.17, 15) is 4.39 Å². The van der Waals surface area contributed by atoms with Gasteiger partial charge in [-0.25, -0.2) is 4.39 Å². The SMILES string of the molecule is COCCOC(C)(CI)c1ccccc1F. The lowest BCUT2D eigenvalue weighted by molar-refractivity contribution is -0.0398. The van der Waals surface area contributed by atoms with E-state index in [4.69, 9.17) is 9.47 Å². The molecular formula is C12H16FIO2. The lowest BCUT2D eigenvalue weighted by Crippen LogP contribution is -2.30. The van der Waals surface area contributed by atoms with Gasteiger partial charge in [0.25, 0.3) is 0 Å². The van der Waals surface area contributed by atoms with Gasteiger partial charge in [0.05, 0.1) is 13.2 Å². The first-order valence-electron chi connectivity index (χ1n) is 5.08. The van der Waals surface area contributed by atoms with Crippen LogP contribution in [0.15, 0.2) is 24.3 Å². The number of hydrogen-bond acceptors (Lipinski definition) is 2. The van der Waals surface area contributed by atoms with E-state index < -0.39 is 5.60 Å². The van der Waals surface area contributed by atoms with E-state index >= 15 is 0 Å². The third-order valence-corrected chi connectivity index (χ3v) is 3.86. The van der Waals surface area contributed by atoms with Crippen molar-refractivity contribution >= 4 is 22.6 Å².